The van der Waals surface area contributed by atoms with Crippen LogP contribution in [0.25, 0.3) is 10.6 Å². The molecule has 0 bridgehead atoms. The van der Waals surface area contributed by atoms with E-state index in [9.17, 15) is 14.4 Å². The second-order valence-corrected chi connectivity index (χ2v) is 7.71. The predicted molar refractivity (Wildman–Crippen MR) is 130 cm³/mol. The van der Waals surface area contributed by atoms with Crippen molar-refractivity contribution in [3.8, 4) is 22.5 Å². The Morgan fingerprint density at radius 3 is 2.59 bits per heavy atom. The molecule has 0 amide bonds. The Bertz CT molecular complexity index is 1150. The number of esters is 1. The summed E-state index contributed by atoms with van der Waals surface area (Å²) in [6.45, 7) is 7.19. The van der Waals surface area contributed by atoms with Gasteiger partial charge in [-0.15, -0.1) is 11.3 Å². The fourth-order valence-electron chi connectivity index (χ4n) is 2.77. The minimum absolute atomic E-state index is 0.00726. The molecule has 0 fully saturated rings. The number of rotatable bonds is 8. The van der Waals surface area contributed by atoms with Gasteiger partial charge in [-0.1, -0.05) is 36.9 Å². The molecule has 34 heavy (non-hydrogen) atoms. The Morgan fingerprint density at radius 1 is 1.32 bits per heavy atom. The number of hydrogen-bond acceptors (Lipinski definition) is 7. The van der Waals surface area contributed by atoms with Crippen LogP contribution >= 0.6 is 11.3 Å². The van der Waals surface area contributed by atoms with Gasteiger partial charge in [0.05, 0.1) is 23.9 Å². The van der Waals surface area contributed by atoms with Crippen LogP contribution in [-0.2, 0) is 14.3 Å². The monoisotopic (exact) mass is 480 g/mol. The number of halogens is 1. The third kappa shape index (κ3) is 7.29. The largest absolute Gasteiger partial charge is 0.505 e. The van der Waals surface area contributed by atoms with E-state index in [1.54, 1.807) is 26.4 Å². The van der Waals surface area contributed by atoms with E-state index in [4.69, 9.17) is 9.47 Å². The molecule has 0 N–H and O–H groups in total. The first-order valence-corrected chi connectivity index (χ1v) is 11.1. The van der Waals surface area contributed by atoms with E-state index in [1.807, 2.05) is 30.5 Å². The number of benzene rings is 1. The first-order valence-electron chi connectivity index (χ1n) is 10.2. The second kappa shape index (κ2) is 13.6. The van der Waals surface area contributed by atoms with Crippen LogP contribution in [-0.4, -0.2) is 24.7 Å². The average molecular weight is 481 g/mol. The maximum Gasteiger partial charge on any atom is 0.352 e. The number of nitriles is 1. The van der Waals surface area contributed by atoms with Gasteiger partial charge in [0.1, 0.15) is 24.1 Å². The molecule has 1 atom stereocenters. The van der Waals surface area contributed by atoms with Gasteiger partial charge in [0.25, 0.3) is 0 Å². The Kier molecular flexibility index (Phi) is 10.5. The maximum atomic E-state index is 13.3. The zero-order valence-electron chi connectivity index (χ0n) is 19.2. The number of pyridine rings is 1. The molecular weight excluding hydrogens is 455 g/mol. The summed E-state index contributed by atoms with van der Waals surface area (Å²) < 4.78 is 28.9. The SMILES string of the molecule is C/C=C\OC.C=CCOC(=O)C(Oc1nc(-c2cccs2)cc(C)c1C#N)c1ccc(F)cc1. The maximum absolute atomic E-state index is 13.3. The summed E-state index contributed by atoms with van der Waals surface area (Å²) in [6, 6.07) is 13.0. The van der Waals surface area contributed by atoms with Gasteiger partial charge in [-0.25, -0.2) is 14.2 Å². The number of nitrogens with zero attached hydrogens (tertiary/aromatic N) is 2. The molecule has 0 saturated carbocycles. The second-order valence-electron chi connectivity index (χ2n) is 6.77. The van der Waals surface area contributed by atoms with Crippen molar-refractivity contribution in [1.29, 1.82) is 5.26 Å². The number of hydrogen-bond donors (Lipinski definition) is 0. The number of ether oxygens (including phenoxy) is 3. The zero-order valence-corrected chi connectivity index (χ0v) is 20.0. The zero-order chi connectivity index (χ0) is 24.9. The quantitative estimate of drug-likeness (QED) is 0.219. The number of methoxy groups -OCH3 is 1. The average Bonchev–Trinajstić information content (AvgIpc) is 3.37. The van der Waals surface area contributed by atoms with Gasteiger partial charge in [0.15, 0.2) is 0 Å². The molecule has 0 aliphatic rings. The summed E-state index contributed by atoms with van der Waals surface area (Å²) >= 11 is 1.50. The topological polar surface area (TPSA) is 81.4 Å². The van der Waals surface area contributed by atoms with Crippen molar-refractivity contribution >= 4 is 17.3 Å². The molecule has 0 radical (unpaired) electrons. The molecule has 8 heteroatoms. The molecule has 6 nitrogen and oxygen atoms in total. The lowest BCUT2D eigenvalue weighted by Gasteiger charge is -2.19. The molecule has 3 rings (SSSR count). The summed E-state index contributed by atoms with van der Waals surface area (Å²) in [5.41, 5.74) is 1.89. The van der Waals surface area contributed by atoms with E-state index in [1.165, 1.54) is 41.7 Å². The number of carbonyl (C=O) groups excluding carboxylic acids is 1. The molecule has 1 unspecified atom stereocenters. The molecule has 2 aromatic heterocycles. The first kappa shape index (κ1) is 26.3. The molecular formula is C26H25FN2O4S. The number of aryl methyl sites for hydroxylation is 1. The summed E-state index contributed by atoms with van der Waals surface area (Å²) in [5.74, 6) is -1.12. The van der Waals surface area contributed by atoms with E-state index in [2.05, 4.69) is 22.4 Å². The van der Waals surface area contributed by atoms with E-state index >= 15 is 0 Å². The van der Waals surface area contributed by atoms with E-state index in [0.717, 1.165) is 4.88 Å². The van der Waals surface area contributed by atoms with Crippen LogP contribution in [0.3, 0.4) is 0 Å². The third-order valence-corrected chi connectivity index (χ3v) is 5.19. The lowest BCUT2D eigenvalue weighted by atomic mass is 10.1. The van der Waals surface area contributed by atoms with Crippen LogP contribution in [0.2, 0.25) is 0 Å². The van der Waals surface area contributed by atoms with Crippen LogP contribution in [0.1, 0.15) is 29.7 Å². The lowest BCUT2D eigenvalue weighted by Crippen LogP contribution is -2.22. The molecule has 3 aromatic rings. The van der Waals surface area contributed by atoms with Gasteiger partial charge in [0, 0.05) is 5.56 Å². The third-order valence-electron chi connectivity index (χ3n) is 4.30. The molecule has 1 aromatic carbocycles. The lowest BCUT2D eigenvalue weighted by molar-refractivity contribution is -0.151. The fourth-order valence-corrected chi connectivity index (χ4v) is 3.46. The minimum atomic E-state index is -1.21. The fraction of sp³-hybridized carbons (Fsp3) is 0.192. The van der Waals surface area contributed by atoms with Gasteiger partial charge in [0.2, 0.25) is 12.0 Å². The molecule has 0 saturated heterocycles. The van der Waals surface area contributed by atoms with Gasteiger partial charge in [-0.2, -0.15) is 5.26 Å². The van der Waals surface area contributed by atoms with E-state index in [-0.39, 0.29) is 18.1 Å². The molecule has 0 spiro atoms. The first-order chi connectivity index (χ1) is 16.4. The van der Waals surface area contributed by atoms with Crippen LogP contribution in [0.4, 0.5) is 4.39 Å². The predicted octanol–water partition coefficient (Wildman–Crippen LogP) is 6.15. The van der Waals surface area contributed by atoms with Crippen molar-refractivity contribution in [1.82, 2.24) is 4.98 Å². The van der Waals surface area contributed by atoms with Crippen LogP contribution in [0.5, 0.6) is 5.88 Å². The van der Waals surface area contributed by atoms with Crippen molar-refractivity contribution in [3.63, 3.8) is 0 Å². The summed E-state index contributed by atoms with van der Waals surface area (Å²) in [7, 11) is 1.62. The van der Waals surface area contributed by atoms with Crippen molar-refractivity contribution in [2.75, 3.05) is 13.7 Å². The Hall–Kier alpha value is -3.96. The summed E-state index contributed by atoms with van der Waals surface area (Å²) in [6.07, 6.45) is 3.67. The molecule has 0 aliphatic carbocycles. The van der Waals surface area contributed by atoms with Crippen LogP contribution in [0.15, 0.2) is 72.8 Å². The highest BCUT2D eigenvalue weighted by atomic mass is 32.1. The molecule has 0 aliphatic heterocycles. The molecule has 2 heterocycles. The van der Waals surface area contributed by atoms with Gasteiger partial charge >= 0.3 is 5.97 Å². The van der Waals surface area contributed by atoms with Crippen molar-refractivity contribution in [3.05, 3.63) is 95.3 Å². The Morgan fingerprint density at radius 2 is 2.06 bits per heavy atom. The van der Waals surface area contributed by atoms with Gasteiger partial charge in [-0.3, -0.25) is 0 Å². The van der Waals surface area contributed by atoms with Crippen molar-refractivity contribution in [2.45, 2.75) is 20.0 Å². The number of thiophene rings is 1. The number of carbonyl (C=O) groups is 1. The van der Waals surface area contributed by atoms with E-state index < -0.39 is 17.9 Å². The van der Waals surface area contributed by atoms with Gasteiger partial charge < -0.3 is 14.2 Å². The highest BCUT2D eigenvalue weighted by Crippen LogP contribution is 2.32. The van der Waals surface area contributed by atoms with Crippen LogP contribution < -0.4 is 4.74 Å². The highest BCUT2D eigenvalue weighted by molar-refractivity contribution is 7.13. The normalized spacial score (nSPS) is 11.0. The van der Waals surface area contributed by atoms with Crippen molar-refractivity contribution < 1.29 is 23.4 Å². The summed E-state index contributed by atoms with van der Waals surface area (Å²) in [4.78, 5) is 17.9. The van der Waals surface area contributed by atoms with E-state index in [0.29, 0.717) is 16.8 Å². The Balaban J connectivity index is 0.000000739. The number of allylic oxidation sites excluding steroid dienone is 1. The standard InChI is InChI=1S/C22H17FN2O3S.C4H8O/c1-3-10-27-22(26)20(15-6-8-16(23)9-7-15)28-21-17(13-24)14(2)12-18(25-21)19-5-4-11-29-19;1-3-4-5-2/h3-9,11-12,20H,1,10H2,2H3;3-4H,1-2H3/b;4-3-. The highest BCUT2D eigenvalue weighted by Gasteiger charge is 2.27. The Labute approximate surface area is 202 Å². The summed E-state index contributed by atoms with van der Waals surface area (Å²) in [5, 5.41) is 11.5. The van der Waals surface area contributed by atoms with Crippen LogP contribution in [0, 0.1) is 24.1 Å². The van der Waals surface area contributed by atoms with Crippen molar-refractivity contribution in [2.24, 2.45) is 0 Å². The smallest absolute Gasteiger partial charge is 0.352 e. The minimum Gasteiger partial charge on any atom is -0.505 e. The number of aromatic nitrogens is 1. The van der Waals surface area contributed by atoms with Gasteiger partial charge in [-0.05, 0) is 49.1 Å². The molecule has 176 valence electrons.